The predicted octanol–water partition coefficient (Wildman–Crippen LogP) is 3.32. The normalized spacial score (nSPS) is 19.4. The second-order valence-electron chi connectivity index (χ2n) is 5.71. The van der Waals surface area contributed by atoms with E-state index >= 15 is 0 Å². The van der Waals surface area contributed by atoms with E-state index in [0.717, 1.165) is 19.0 Å². The lowest BCUT2D eigenvalue weighted by molar-refractivity contribution is 0.328. The van der Waals surface area contributed by atoms with Crippen LogP contribution < -0.4 is 10.6 Å². The van der Waals surface area contributed by atoms with Gasteiger partial charge >= 0.3 is 0 Å². The van der Waals surface area contributed by atoms with Gasteiger partial charge in [-0.15, -0.1) is 0 Å². The maximum absolute atomic E-state index is 3.62. The average Bonchev–Trinajstić information content (AvgIpc) is 2.36. The van der Waals surface area contributed by atoms with Crippen molar-refractivity contribution in [2.24, 2.45) is 5.92 Å². The molecule has 0 saturated heterocycles. The molecule has 1 unspecified atom stereocenters. The van der Waals surface area contributed by atoms with Crippen LogP contribution in [-0.2, 0) is 0 Å². The third-order valence-corrected chi connectivity index (χ3v) is 3.88. The van der Waals surface area contributed by atoms with E-state index in [-0.39, 0.29) is 0 Å². The molecular weight excluding hydrogens is 208 g/mol. The van der Waals surface area contributed by atoms with Gasteiger partial charge in [0.2, 0.25) is 0 Å². The lowest BCUT2D eigenvalue weighted by atomic mass is 9.86. The maximum atomic E-state index is 3.62. The first-order valence-electron chi connectivity index (χ1n) is 7.77. The Morgan fingerprint density at radius 1 is 1.12 bits per heavy atom. The van der Waals surface area contributed by atoms with Gasteiger partial charge in [0, 0.05) is 12.6 Å². The van der Waals surface area contributed by atoms with E-state index in [2.05, 4.69) is 24.5 Å². The summed E-state index contributed by atoms with van der Waals surface area (Å²) in [6.07, 6.45) is 11.5. The number of rotatable bonds is 9. The lowest BCUT2D eigenvalue weighted by Crippen LogP contribution is -2.37. The molecule has 102 valence electrons. The van der Waals surface area contributed by atoms with Crippen LogP contribution >= 0.6 is 0 Å². The fourth-order valence-electron chi connectivity index (χ4n) is 2.78. The van der Waals surface area contributed by atoms with E-state index < -0.39 is 0 Å². The second kappa shape index (κ2) is 9.90. The van der Waals surface area contributed by atoms with Crippen molar-refractivity contribution in [3.05, 3.63) is 0 Å². The van der Waals surface area contributed by atoms with Gasteiger partial charge in [0.05, 0.1) is 0 Å². The van der Waals surface area contributed by atoms with Crippen LogP contribution in [0.25, 0.3) is 0 Å². The van der Waals surface area contributed by atoms with Crippen LogP contribution in [0.2, 0.25) is 0 Å². The maximum Gasteiger partial charge on any atom is 0.0164 e. The minimum Gasteiger partial charge on any atom is -0.315 e. The molecule has 1 fully saturated rings. The SMILES string of the molecule is CCCNCC(C)NCCCC1CCCCC1. The number of hydrogen-bond donors (Lipinski definition) is 2. The fourth-order valence-corrected chi connectivity index (χ4v) is 2.78. The average molecular weight is 240 g/mol. The van der Waals surface area contributed by atoms with Crippen molar-refractivity contribution in [2.75, 3.05) is 19.6 Å². The van der Waals surface area contributed by atoms with Crippen LogP contribution in [0.4, 0.5) is 0 Å². The van der Waals surface area contributed by atoms with Gasteiger partial charge in [-0.2, -0.15) is 0 Å². The molecule has 1 aliphatic rings. The van der Waals surface area contributed by atoms with Gasteiger partial charge in [-0.1, -0.05) is 39.0 Å². The van der Waals surface area contributed by atoms with Gasteiger partial charge in [-0.25, -0.2) is 0 Å². The summed E-state index contributed by atoms with van der Waals surface area (Å²) in [7, 11) is 0. The second-order valence-corrected chi connectivity index (χ2v) is 5.71. The molecule has 17 heavy (non-hydrogen) atoms. The largest absolute Gasteiger partial charge is 0.315 e. The van der Waals surface area contributed by atoms with Crippen molar-refractivity contribution in [1.82, 2.24) is 10.6 Å². The zero-order valence-electron chi connectivity index (χ0n) is 11.9. The van der Waals surface area contributed by atoms with Gasteiger partial charge in [0.15, 0.2) is 0 Å². The van der Waals surface area contributed by atoms with E-state index in [1.807, 2.05) is 0 Å². The molecular formula is C15H32N2. The summed E-state index contributed by atoms with van der Waals surface area (Å²) in [4.78, 5) is 0. The summed E-state index contributed by atoms with van der Waals surface area (Å²) < 4.78 is 0. The first kappa shape index (κ1) is 15.0. The summed E-state index contributed by atoms with van der Waals surface area (Å²) in [5.41, 5.74) is 0. The van der Waals surface area contributed by atoms with E-state index in [1.54, 1.807) is 0 Å². The molecule has 0 aromatic heterocycles. The van der Waals surface area contributed by atoms with Crippen molar-refractivity contribution >= 4 is 0 Å². The third-order valence-electron chi connectivity index (χ3n) is 3.88. The Balaban J connectivity index is 1.88. The van der Waals surface area contributed by atoms with Gasteiger partial charge in [0.25, 0.3) is 0 Å². The molecule has 2 N–H and O–H groups in total. The third kappa shape index (κ3) is 7.77. The monoisotopic (exact) mass is 240 g/mol. The van der Waals surface area contributed by atoms with Crippen LogP contribution in [0.5, 0.6) is 0 Å². The number of nitrogens with one attached hydrogen (secondary N) is 2. The fraction of sp³-hybridized carbons (Fsp3) is 1.00. The zero-order chi connectivity index (χ0) is 12.3. The van der Waals surface area contributed by atoms with Crippen LogP contribution in [-0.4, -0.2) is 25.7 Å². The first-order valence-corrected chi connectivity index (χ1v) is 7.77. The highest BCUT2D eigenvalue weighted by molar-refractivity contribution is 4.68. The Morgan fingerprint density at radius 2 is 1.88 bits per heavy atom. The molecule has 0 aromatic rings. The van der Waals surface area contributed by atoms with Gasteiger partial charge in [0.1, 0.15) is 0 Å². The molecule has 0 heterocycles. The first-order chi connectivity index (χ1) is 8.33. The van der Waals surface area contributed by atoms with Crippen molar-refractivity contribution < 1.29 is 0 Å². The Kier molecular flexibility index (Phi) is 8.72. The molecule has 1 saturated carbocycles. The van der Waals surface area contributed by atoms with Crippen LogP contribution in [0.3, 0.4) is 0 Å². The standard InChI is InChI=1S/C15H32N2/c1-3-11-16-13-14(2)17-12-7-10-15-8-5-4-6-9-15/h14-17H,3-13H2,1-2H3. The molecule has 0 bridgehead atoms. The summed E-state index contributed by atoms with van der Waals surface area (Å²) in [5.74, 6) is 1.04. The lowest BCUT2D eigenvalue weighted by Gasteiger charge is -2.22. The topological polar surface area (TPSA) is 24.1 Å². The Morgan fingerprint density at radius 3 is 2.59 bits per heavy atom. The molecule has 1 rings (SSSR count). The highest BCUT2D eigenvalue weighted by Gasteiger charge is 2.12. The quantitative estimate of drug-likeness (QED) is 0.604. The van der Waals surface area contributed by atoms with Crippen molar-refractivity contribution in [1.29, 1.82) is 0 Å². The molecule has 1 aliphatic carbocycles. The molecule has 1 atom stereocenters. The molecule has 0 aliphatic heterocycles. The molecule has 2 heteroatoms. The molecule has 0 amide bonds. The Bertz CT molecular complexity index is 164. The summed E-state index contributed by atoms with van der Waals surface area (Å²) in [6.45, 7) is 7.95. The molecule has 0 spiro atoms. The van der Waals surface area contributed by atoms with Gasteiger partial charge in [-0.05, 0) is 45.2 Å². The molecule has 0 aromatic carbocycles. The van der Waals surface area contributed by atoms with E-state index in [9.17, 15) is 0 Å². The van der Waals surface area contributed by atoms with Crippen LogP contribution in [0.15, 0.2) is 0 Å². The Hall–Kier alpha value is -0.0800. The van der Waals surface area contributed by atoms with Crippen molar-refractivity contribution in [2.45, 2.75) is 71.3 Å². The van der Waals surface area contributed by atoms with Crippen LogP contribution in [0, 0.1) is 5.92 Å². The van der Waals surface area contributed by atoms with E-state index in [0.29, 0.717) is 6.04 Å². The molecule has 0 radical (unpaired) electrons. The zero-order valence-corrected chi connectivity index (χ0v) is 11.9. The van der Waals surface area contributed by atoms with E-state index in [4.69, 9.17) is 0 Å². The smallest absolute Gasteiger partial charge is 0.0164 e. The number of hydrogen-bond acceptors (Lipinski definition) is 2. The highest BCUT2D eigenvalue weighted by atomic mass is 15.0. The highest BCUT2D eigenvalue weighted by Crippen LogP contribution is 2.26. The predicted molar refractivity (Wildman–Crippen MR) is 76.4 cm³/mol. The minimum absolute atomic E-state index is 0.618. The summed E-state index contributed by atoms with van der Waals surface area (Å²) in [6, 6.07) is 0.618. The minimum atomic E-state index is 0.618. The van der Waals surface area contributed by atoms with Gasteiger partial charge in [-0.3, -0.25) is 0 Å². The van der Waals surface area contributed by atoms with Crippen molar-refractivity contribution in [3.63, 3.8) is 0 Å². The molecule has 2 nitrogen and oxygen atoms in total. The van der Waals surface area contributed by atoms with Crippen LogP contribution in [0.1, 0.15) is 65.2 Å². The van der Waals surface area contributed by atoms with E-state index in [1.165, 1.54) is 57.9 Å². The summed E-state index contributed by atoms with van der Waals surface area (Å²) >= 11 is 0. The van der Waals surface area contributed by atoms with Crippen molar-refractivity contribution in [3.8, 4) is 0 Å². The van der Waals surface area contributed by atoms with Gasteiger partial charge < -0.3 is 10.6 Å². The Labute approximate surface area is 108 Å². The summed E-state index contributed by atoms with van der Waals surface area (Å²) in [5, 5.41) is 7.08.